The molecule has 2 rings (SSSR count). The van der Waals surface area contributed by atoms with Gasteiger partial charge in [0.2, 0.25) is 0 Å². The molecule has 0 unspecified atom stereocenters. The number of alkyl halides is 1. The van der Waals surface area contributed by atoms with Gasteiger partial charge in [-0.3, -0.25) is 0 Å². The molecule has 0 saturated carbocycles. The minimum atomic E-state index is 1.04. The summed E-state index contributed by atoms with van der Waals surface area (Å²) in [5.41, 5.74) is 2.92. The zero-order valence-electron chi connectivity index (χ0n) is 16.0. The van der Waals surface area contributed by atoms with Crippen molar-refractivity contribution in [1.82, 2.24) is 0 Å². The van der Waals surface area contributed by atoms with Crippen LogP contribution in [0.3, 0.4) is 0 Å². The van der Waals surface area contributed by atoms with Crippen LogP contribution in [-0.4, -0.2) is 5.33 Å². The fourth-order valence-corrected chi connectivity index (χ4v) is 4.04. The van der Waals surface area contributed by atoms with Gasteiger partial charge in [-0.1, -0.05) is 117 Å². The average molecular weight is 403 g/mol. The summed E-state index contributed by atoms with van der Waals surface area (Å²) < 4.78 is 0. The number of hydrogen-bond donors (Lipinski definition) is 0. The standard InChI is InChI=1S/C24H35Br/c1-2-3-4-5-6-7-8-9-10-11-12-21-13-15-24-20-22(17-18-25)14-16-23(24)19-21/h13-16,19-20H,2-12,17-18H2,1H3. The number of rotatable bonds is 13. The van der Waals surface area contributed by atoms with Crippen molar-refractivity contribution in [1.29, 1.82) is 0 Å². The summed E-state index contributed by atoms with van der Waals surface area (Å²) in [7, 11) is 0. The lowest BCUT2D eigenvalue weighted by Gasteiger charge is -2.06. The van der Waals surface area contributed by atoms with Crippen LogP contribution in [0.15, 0.2) is 36.4 Å². The Balaban J connectivity index is 1.63. The Morgan fingerprint density at radius 2 is 1.08 bits per heavy atom. The minimum Gasteiger partial charge on any atom is -0.0924 e. The average Bonchev–Trinajstić information content (AvgIpc) is 2.63. The van der Waals surface area contributed by atoms with Gasteiger partial charge in [0, 0.05) is 5.33 Å². The molecule has 0 aliphatic rings. The molecule has 0 fully saturated rings. The first-order valence-electron chi connectivity index (χ1n) is 10.4. The number of unbranched alkanes of at least 4 members (excludes halogenated alkanes) is 9. The Labute approximate surface area is 163 Å². The van der Waals surface area contributed by atoms with Crippen LogP contribution in [0, 0.1) is 0 Å². The molecule has 0 heterocycles. The molecule has 0 N–H and O–H groups in total. The van der Waals surface area contributed by atoms with Gasteiger partial charge in [-0.15, -0.1) is 0 Å². The molecule has 0 atom stereocenters. The molecule has 0 saturated heterocycles. The molecule has 0 radical (unpaired) electrons. The third-order valence-electron chi connectivity index (χ3n) is 5.17. The van der Waals surface area contributed by atoms with E-state index in [0.717, 1.165) is 11.8 Å². The zero-order valence-corrected chi connectivity index (χ0v) is 17.6. The Morgan fingerprint density at radius 1 is 0.600 bits per heavy atom. The van der Waals surface area contributed by atoms with Gasteiger partial charge in [-0.25, -0.2) is 0 Å². The van der Waals surface area contributed by atoms with Gasteiger partial charge in [0.15, 0.2) is 0 Å². The molecule has 138 valence electrons. The van der Waals surface area contributed by atoms with E-state index in [-0.39, 0.29) is 0 Å². The van der Waals surface area contributed by atoms with Gasteiger partial charge in [-0.2, -0.15) is 0 Å². The largest absolute Gasteiger partial charge is 0.0924 e. The van der Waals surface area contributed by atoms with Crippen molar-refractivity contribution in [3.8, 4) is 0 Å². The first kappa shape index (κ1) is 20.5. The van der Waals surface area contributed by atoms with Crippen LogP contribution in [0.4, 0.5) is 0 Å². The van der Waals surface area contributed by atoms with Crippen molar-refractivity contribution in [2.24, 2.45) is 0 Å². The van der Waals surface area contributed by atoms with E-state index in [2.05, 4.69) is 59.3 Å². The van der Waals surface area contributed by atoms with Gasteiger partial charge < -0.3 is 0 Å². The van der Waals surface area contributed by atoms with E-state index in [1.54, 1.807) is 0 Å². The quantitative estimate of drug-likeness (QED) is 0.233. The summed E-state index contributed by atoms with van der Waals surface area (Å²) >= 11 is 3.53. The van der Waals surface area contributed by atoms with Crippen LogP contribution < -0.4 is 0 Å². The molecule has 0 spiro atoms. The van der Waals surface area contributed by atoms with E-state index in [1.165, 1.54) is 92.5 Å². The highest BCUT2D eigenvalue weighted by Gasteiger charge is 2.00. The van der Waals surface area contributed by atoms with Crippen LogP contribution >= 0.6 is 15.9 Å². The van der Waals surface area contributed by atoms with E-state index in [1.807, 2.05) is 0 Å². The van der Waals surface area contributed by atoms with Crippen LogP contribution in [0.1, 0.15) is 82.3 Å². The lowest BCUT2D eigenvalue weighted by Crippen LogP contribution is -1.89. The van der Waals surface area contributed by atoms with Crippen LogP contribution in [0.2, 0.25) is 0 Å². The lowest BCUT2D eigenvalue weighted by atomic mass is 10.00. The molecule has 0 nitrogen and oxygen atoms in total. The summed E-state index contributed by atoms with van der Waals surface area (Å²) in [6, 6.07) is 13.9. The SMILES string of the molecule is CCCCCCCCCCCCc1ccc2cc(CCBr)ccc2c1. The molecule has 25 heavy (non-hydrogen) atoms. The predicted octanol–water partition coefficient (Wildman–Crippen LogP) is 8.24. The smallest absolute Gasteiger partial charge is 0.00718 e. The Hall–Kier alpha value is -0.820. The topological polar surface area (TPSA) is 0 Å². The van der Waals surface area contributed by atoms with Crippen molar-refractivity contribution in [2.75, 3.05) is 5.33 Å². The van der Waals surface area contributed by atoms with E-state index >= 15 is 0 Å². The summed E-state index contributed by atoms with van der Waals surface area (Å²) in [6.07, 6.45) is 16.5. The second-order valence-electron chi connectivity index (χ2n) is 7.39. The Bertz CT molecular complexity index is 602. The molecule has 0 bridgehead atoms. The highest BCUT2D eigenvalue weighted by atomic mass is 79.9. The number of benzene rings is 2. The third kappa shape index (κ3) is 7.94. The second kappa shape index (κ2) is 12.5. The molecule has 0 aromatic heterocycles. The molecule has 0 amide bonds. The van der Waals surface area contributed by atoms with Gasteiger partial charge in [-0.05, 0) is 41.2 Å². The number of halogens is 1. The molecular formula is C24H35Br. The summed E-state index contributed by atoms with van der Waals surface area (Å²) in [6.45, 7) is 2.29. The van der Waals surface area contributed by atoms with Crippen molar-refractivity contribution >= 4 is 26.7 Å². The van der Waals surface area contributed by atoms with Crippen molar-refractivity contribution in [2.45, 2.75) is 84.0 Å². The normalized spacial score (nSPS) is 11.3. The number of hydrogen-bond acceptors (Lipinski definition) is 0. The summed E-state index contributed by atoms with van der Waals surface area (Å²) in [5, 5.41) is 3.81. The predicted molar refractivity (Wildman–Crippen MR) is 117 cm³/mol. The first-order chi connectivity index (χ1) is 12.3. The lowest BCUT2D eigenvalue weighted by molar-refractivity contribution is 0.556. The molecule has 0 aliphatic heterocycles. The second-order valence-corrected chi connectivity index (χ2v) is 8.18. The maximum atomic E-state index is 3.53. The van der Waals surface area contributed by atoms with Gasteiger partial charge in [0.05, 0.1) is 0 Å². The van der Waals surface area contributed by atoms with Crippen LogP contribution in [0.5, 0.6) is 0 Å². The highest BCUT2D eigenvalue weighted by Crippen LogP contribution is 2.20. The van der Waals surface area contributed by atoms with Crippen molar-refractivity contribution in [3.63, 3.8) is 0 Å². The van der Waals surface area contributed by atoms with Crippen LogP contribution in [0.25, 0.3) is 10.8 Å². The number of fused-ring (bicyclic) bond motifs is 1. The molecular weight excluding hydrogens is 368 g/mol. The Morgan fingerprint density at radius 3 is 1.60 bits per heavy atom. The van der Waals surface area contributed by atoms with E-state index in [9.17, 15) is 0 Å². The van der Waals surface area contributed by atoms with Gasteiger partial charge in [0.25, 0.3) is 0 Å². The zero-order chi connectivity index (χ0) is 17.7. The molecule has 2 aromatic carbocycles. The fourth-order valence-electron chi connectivity index (χ4n) is 3.58. The molecule has 0 aliphatic carbocycles. The number of aryl methyl sites for hydroxylation is 2. The van der Waals surface area contributed by atoms with Gasteiger partial charge >= 0.3 is 0 Å². The first-order valence-corrected chi connectivity index (χ1v) is 11.5. The van der Waals surface area contributed by atoms with E-state index in [0.29, 0.717) is 0 Å². The van der Waals surface area contributed by atoms with E-state index < -0.39 is 0 Å². The summed E-state index contributed by atoms with van der Waals surface area (Å²) in [5.74, 6) is 0. The maximum Gasteiger partial charge on any atom is 0.00718 e. The van der Waals surface area contributed by atoms with Crippen molar-refractivity contribution < 1.29 is 0 Å². The maximum absolute atomic E-state index is 3.53. The highest BCUT2D eigenvalue weighted by molar-refractivity contribution is 9.09. The van der Waals surface area contributed by atoms with Crippen molar-refractivity contribution in [3.05, 3.63) is 47.5 Å². The monoisotopic (exact) mass is 402 g/mol. The molecule has 1 heteroatoms. The fraction of sp³-hybridized carbons (Fsp3) is 0.583. The van der Waals surface area contributed by atoms with Crippen LogP contribution in [-0.2, 0) is 12.8 Å². The van der Waals surface area contributed by atoms with Gasteiger partial charge in [0.1, 0.15) is 0 Å². The van der Waals surface area contributed by atoms with E-state index in [4.69, 9.17) is 0 Å². The Kier molecular flexibility index (Phi) is 10.3. The minimum absolute atomic E-state index is 1.04. The summed E-state index contributed by atoms with van der Waals surface area (Å²) in [4.78, 5) is 0. The molecule has 2 aromatic rings. The third-order valence-corrected chi connectivity index (χ3v) is 5.57.